The molecule has 5 heteroatoms. The summed E-state index contributed by atoms with van der Waals surface area (Å²) < 4.78 is 51.0. The second kappa shape index (κ2) is 4.37. The molecule has 20 heavy (non-hydrogen) atoms. The fraction of sp³-hybridized carbons (Fsp3) is 0.0667. The number of benzene rings is 2. The Labute approximate surface area is 111 Å². The zero-order chi connectivity index (χ0) is 14.3. The summed E-state index contributed by atoms with van der Waals surface area (Å²) in [5.74, 6) is -0.364. The maximum atomic E-state index is 13.6. The molecule has 0 bridgehead atoms. The summed E-state index contributed by atoms with van der Waals surface area (Å²) in [4.78, 5) is 2.99. The van der Waals surface area contributed by atoms with Crippen molar-refractivity contribution in [3.63, 3.8) is 0 Å². The molecule has 1 N–H and O–H groups in total. The highest BCUT2D eigenvalue weighted by Crippen LogP contribution is 2.31. The topological polar surface area (TPSA) is 15.8 Å². The van der Waals surface area contributed by atoms with Crippen molar-refractivity contribution in [1.82, 2.24) is 4.98 Å². The Balaban J connectivity index is 2.05. The van der Waals surface area contributed by atoms with Gasteiger partial charge < -0.3 is 4.98 Å². The minimum absolute atomic E-state index is 0.364. The highest BCUT2D eigenvalue weighted by Gasteiger charge is 2.30. The van der Waals surface area contributed by atoms with Crippen LogP contribution in [-0.4, -0.2) is 4.98 Å². The number of rotatable bonds is 1. The van der Waals surface area contributed by atoms with E-state index in [-0.39, 0.29) is 5.82 Å². The molecule has 1 nitrogen and oxygen atoms in total. The van der Waals surface area contributed by atoms with Crippen LogP contribution in [0.5, 0.6) is 0 Å². The van der Waals surface area contributed by atoms with Gasteiger partial charge in [0.2, 0.25) is 0 Å². The first-order valence-corrected chi connectivity index (χ1v) is 5.90. The predicted octanol–water partition coefficient (Wildman–Crippen LogP) is 4.99. The van der Waals surface area contributed by atoms with Crippen molar-refractivity contribution >= 4 is 10.9 Å². The fourth-order valence-corrected chi connectivity index (χ4v) is 2.11. The number of alkyl halides is 3. The summed E-state index contributed by atoms with van der Waals surface area (Å²) >= 11 is 0. The lowest BCUT2D eigenvalue weighted by Crippen LogP contribution is -2.03. The van der Waals surface area contributed by atoms with Crippen LogP contribution in [0.1, 0.15) is 5.56 Å². The molecule has 102 valence electrons. The molecule has 0 aliphatic rings. The summed E-state index contributed by atoms with van der Waals surface area (Å²) in [6.07, 6.45) is -4.36. The molecule has 0 atom stereocenters. The Kier molecular flexibility index (Phi) is 2.78. The van der Waals surface area contributed by atoms with Crippen LogP contribution >= 0.6 is 0 Å². The van der Waals surface area contributed by atoms with E-state index < -0.39 is 11.7 Å². The summed E-state index contributed by atoms with van der Waals surface area (Å²) in [6, 6.07) is 11.0. The van der Waals surface area contributed by atoms with Crippen LogP contribution < -0.4 is 0 Å². The van der Waals surface area contributed by atoms with Gasteiger partial charge in [-0.05, 0) is 35.9 Å². The van der Waals surface area contributed by atoms with Gasteiger partial charge >= 0.3 is 6.18 Å². The molecule has 0 unspecified atom stereocenters. The van der Waals surface area contributed by atoms with E-state index in [1.165, 1.54) is 18.2 Å². The second-order valence-electron chi connectivity index (χ2n) is 4.46. The number of aromatic nitrogens is 1. The van der Waals surface area contributed by atoms with Crippen molar-refractivity contribution in [2.24, 2.45) is 0 Å². The lowest BCUT2D eigenvalue weighted by atomic mass is 10.1. The van der Waals surface area contributed by atoms with Gasteiger partial charge in [-0.3, -0.25) is 0 Å². The Hall–Kier alpha value is -2.30. The molecule has 3 rings (SSSR count). The molecule has 0 saturated carbocycles. The van der Waals surface area contributed by atoms with Gasteiger partial charge in [0.15, 0.2) is 0 Å². The third-order valence-corrected chi connectivity index (χ3v) is 3.13. The average Bonchev–Trinajstić information content (AvgIpc) is 2.83. The Bertz CT molecular complexity index is 754. The van der Waals surface area contributed by atoms with Gasteiger partial charge in [-0.15, -0.1) is 0 Å². The zero-order valence-corrected chi connectivity index (χ0v) is 10.1. The number of aromatic amines is 1. The van der Waals surface area contributed by atoms with Gasteiger partial charge in [0, 0.05) is 16.6 Å². The van der Waals surface area contributed by atoms with E-state index in [1.807, 2.05) is 0 Å². The third-order valence-electron chi connectivity index (χ3n) is 3.13. The van der Waals surface area contributed by atoms with Crippen LogP contribution in [0.3, 0.4) is 0 Å². The molecule has 0 aliphatic heterocycles. The molecule has 2 aromatic carbocycles. The molecular formula is C15H9F4N. The Morgan fingerprint density at radius 2 is 1.60 bits per heavy atom. The van der Waals surface area contributed by atoms with Gasteiger partial charge in [-0.25, -0.2) is 4.39 Å². The number of halogens is 4. The van der Waals surface area contributed by atoms with Crippen molar-refractivity contribution in [1.29, 1.82) is 0 Å². The zero-order valence-electron chi connectivity index (χ0n) is 10.1. The lowest BCUT2D eigenvalue weighted by molar-refractivity contribution is -0.137. The number of fused-ring (bicyclic) bond motifs is 1. The van der Waals surface area contributed by atoms with Crippen LogP contribution in [0.25, 0.3) is 22.2 Å². The van der Waals surface area contributed by atoms with E-state index in [1.54, 1.807) is 18.2 Å². The summed E-state index contributed by atoms with van der Waals surface area (Å²) in [7, 11) is 0. The largest absolute Gasteiger partial charge is 0.416 e. The number of nitrogens with one attached hydrogen (secondary N) is 1. The van der Waals surface area contributed by atoms with E-state index >= 15 is 0 Å². The maximum Gasteiger partial charge on any atom is 0.416 e. The Morgan fingerprint density at radius 1 is 0.900 bits per heavy atom. The van der Waals surface area contributed by atoms with Gasteiger partial charge in [0.1, 0.15) is 5.82 Å². The minimum atomic E-state index is -4.36. The first-order valence-electron chi connectivity index (χ1n) is 5.90. The van der Waals surface area contributed by atoms with Gasteiger partial charge in [0.05, 0.1) is 5.56 Å². The number of hydrogen-bond acceptors (Lipinski definition) is 0. The van der Waals surface area contributed by atoms with E-state index in [0.29, 0.717) is 22.2 Å². The van der Waals surface area contributed by atoms with Crippen molar-refractivity contribution in [2.75, 3.05) is 0 Å². The number of H-pyrrole nitrogens is 1. The second-order valence-corrected chi connectivity index (χ2v) is 4.46. The lowest BCUT2D eigenvalue weighted by Gasteiger charge is -2.06. The summed E-state index contributed by atoms with van der Waals surface area (Å²) in [5, 5.41) is 0.419. The molecule has 0 fully saturated rings. The fourth-order valence-electron chi connectivity index (χ4n) is 2.11. The van der Waals surface area contributed by atoms with Crippen LogP contribution in [0.2, 0.25) is 0 Å². The van der Waals surface area contributed by atoms with E-state index in [2.05, 4.69) is 4.98 Å². The van der Waals surface area contributed by atoms with Crippen LogP contribution in [0.15, 0.2) is 48.5 Å². The molecule has 0 radical (unpaired) electrons. The molecule has 0 saturated heterocycles. The van der Waals surface area contributed by atoms with E-state index in [0.717, 1.165) is 12.1 Å². The summed E-state index contributed by atoms with van der Waals surface area (Å²) in [5.41, 5.74) is 1.07. The van der Waals surface area contributed by atoms with Gasteiger partial charge in [-0.1, -0.05) is 18.2 Å². The average molecular weight is 279 g/mol. The highest BCUT2D eigenvalue weighted by atomic mass is 19.4. The van der Waals surface area contributed by atoms with Crippen LogP contribution in [0, 0.1) is 5.82 Å². The predicted molar refractivity (Wildman–Crippen MR) is 68.7 cm³/mol. The van der Waals surface area contributed by atoms with Crippen molar-refractivity contribution < 1.29 is 17.6 Å². The maximum absolute atomic E-state index is 13.6. The van der Waals surface area contributed by atoms with Crippen molar-refractivity contribution in [2.45, 2.75) is 6.18 Å². The molecule has 3 aromatic rings. The molecule has 0 spiro atoms. The number of hydrogen-bond donors (Lipinski definition) is 1. The SMILES string of the molecule is Fc1cccc2[nH]c(-c3ccc(C(F)(F)F)cc3)cc12. The normalized spacial score (nSPS) is 12.0. The first-order chi connectivity index (χ1) is 9.45. The monoisotopic (exact) mass is 279 g/mol. The molecule has 0 aliphatic carbocycles. The Morgan fingerprint density at radius 3 is 2.20 bits per heavy atom. The van der Waals surface area contributed by atoms with Crippen LogP contribution in [0.4, 0.5) is 17.6 Å². The molecule has 1 heterocycles. The smallest absolute Gasteiger partial charge is 0.354 e. The van der Waals surface area contributed by atoms with Crippen molar-refractivity contribution in [3.05, 3.63) is 59.9 Å². The quantitative estimate of drug-likeness (QED) is 0.604. The first kappa shape index (κ1) is 12.7. The third kappa shape index (κ3) is 2.15. The molecular weight excluding hydrogens is 270 g/mol. The van der Waals surface area contributed by atoms with E-state index in [9.17, 15) is 17.6 Å². The standard InChI is InChI=1S/C15H9F4N/c16-12-2-1-3-13-11(12)8-14(20-13)9-4-6-10(7-5-9)15(17,18)19/h1-8,20H. The molecule has 0 amide bonds. The molecule has 1 aromatic heterocycles. The van der Waals surface area contributed by atoms with E-state index in [4.69, 9.17) is 0 Å². The minimum Gasteiger partial charge on any atom is -0.354 e. The highest BCUT2D eigenvalue weighted by molar-refractivity contribution is 5.86. The van der Waals surface area contributed by atoms with Crippen LogP contribution in [-0.2, 0) is 6.18 Å². The van der Waals surface area contributed by atoms with Gasteiger partial charge in [-0.2, -0.15) is 13.2 Å². The van der Waals surface area contributed by atoms with Crippen molar-refractivity contribution in [3.8, 4) is 11.3 Å². The van der Waals surface area contributed by atoms with Gasteiger partial charge in [0.25, 0.3) is 0 Å². The summed E-state index contributed by atoms with van der Waals surface area (Å²) in [6.45, 7) is 0.